The first-order valence-corrected chi connectivity index (χ1v) is 6.22. The summed E-state index contributed by atoms with van der Waals surface area (Å²) < 4.78 is 0. The molecule has 0 radical (unpaired) electrons. The van der Waals surface area contributed by atoms with Crippen molar-refractivity contribution >= 4 is 32.6 Å². The van der Waals surface area contributed by atoms with Gasteiger partial charge in [0.25, 0.3) is 0 Å². The predicted molar refractivity (Wildman–Crippen MR) is 77.5 cm³/mol. The second-order valence-corrected chi connectivity index (χ2v) is 4.89. The van der Waals surface area contributed by atoms with Crippen LogP contribution in [-0.4, -0.2) is 15.1 Å². The zero-order valence-corrected chi connectivity index (χ0v) is 10.4. The Labute approximate surface area is 109 Å². The van der Waals surface area contributed by atoms with Gasteiger partial charge >= 0.3 is 0 Å². The van der Waals surface area contributed by atoms with Gasteiger partial charge in [-0.2, -0.15) is 0 Å². The summed E-state index contributed by atoms with van der Waals surface area (Å²) in [5, 5.41) is 14.2. The van der Waals surface area contributed by atoms with E-state index in [0.717, 1.165) is 27.2 Å². The van der Waals surface area contributed by atoms with Gasteiger partial charge in [0.15, 0.2) is 0 Å². The van der Waals surface area contributed by atoms with Gasteiger partial charge in [-0.1, -0.05) is 0 Å². The van der Waals surface area contributed by atoms with Gasteiger partial charge in [-0.25, -0.2) is 0 Å². The van der Waals surface area contributed by atoms with Crippen LogP contribution in [-0.2, 0) is 0 Å². The Morgan fingerprint density at radius 2 is 1.89 bits per heavy atom. The van der Waals surface area contributed by atoms with Crippen LogP contribution in [0.3, 0.4) is 0 Å². The molecule has 4 aromatic rings. The highest BCUT2D eigenvalue weighted by atomic mass is 16.3. The van der Waals surface area contributed by atoms with Crippen LogP contribution >= 0.6 is 0 Å². The van der Waals surface area contributed by atoms with Gasteiger partial charge in [-0.15, -0.1) is 0 Å². The number of nitrogens with one attached hydrogen (secondary N) is 1. The summed E-state index contributed by atoms with van der Waals surface area (Å²) in [7, 11) is 0. The minimum Gasteiger partial charge on any atom is -0.508 e. The molecule has 19 heavy (non-hydrogen) atoms. The molecule has 2 aromatic carbocycles. The number of pyridine rings is 1. The molecule has 0 spiro atoms. The van der Waals surface area contributed by atoms with Gasteiger partial charge < -0.3 is 10.1 Å². The molecule has 0 unspecified atom stereocenters. The highest BCUT2D eigenvalue weighted by Crippen LogP contribution is 2.34. The molecule has 0 aliphatic heterocycles. The monoisotopic (exact) mass is 248 g/mol. The van der Waals surface area contributed by atoms with Crippen molar-refractivity contribution in [3.05, 3.63) is 48.3 Å². The SMILES string of the molecule is Cc1cc2c3cc(O)ccc3[nH]c2c2cnccc12. The summed E-state index contributed by atoms with van der Waals surface area (Å²) in [6.07, 6.45) is 3.70. The Hall–Kier alpha value is -2.55. The predicted octanol–water partition coefficient (Wildman–Crippen LogP) is 3.88. The molecule has 0 amide bonds. The summed E-state index contributed by atoms with van der Waals surface area (Å²) in [5.74, 6) is 0.289. The smallest absolute Gasteiger partial charge is 0.116 e. The lowest BCUT2D eigenvalue weighted by atomic mass is 10.0. The zero-order chi connectivity index (χ0) is 13.0. The number of hydrogen-bond acceptors (Lipinski definition) is 2. The number of fused-ring (bicyclic) bond motifs is 5. The normalized spacial score (nSPS) is 11.6. The van der Waals surface area contributed by atoms with E-state index in [9.17, 15) is 5.11 Å². The van der Waals surface area contributed by atoms with Gasteiger partial charge in [0, 0.05) is 34.1 Å². The zero-order valence-electron chi connectivity index (χ0n) is 10.4. The van der Waals surface area contributed by atoms with E-state index in [0.29, 0.717) is 0 Å². The average molecular weight is 248 g/mol. The minimum atomic E-state index is 0.289. The summed E-state index contributed by atoms with van der Waals surface area (Å²) in [6, 6.07) is 9.60. The number of aryl methyl sites for hydroxylation is 1. The summed E-state index contributed by atoms with van der Waals surface area (Å²) >= 11 is 0. The lowest BCUT2D eigenvalue weighted by Crippen LogP contribution is -1.82. The number of phenolic OH excluding ortho intramolecular Hbond substituents is 1. The molecule has 0 aliphatic rings. The Balaban J connectivity index is 2.32. The standard InChI is InChI=1S/C16H12N2O/c1-9-6-13-12-7-10(19)2-3-15(12)18-16(13)14-8-17-5-4-11(9)14/h2-8,18-19H,1H3. The Bertz CT molecular complexity index is 938. The van der Waals surface area contributed by atoms with Crippen molar-refractivity contribution in [1.29, 1.82) is 0 Å². The average Bonchev–Trinajstić information content (AvgIpc) is 2.78. The van der Waals surface area contributed by atoms with Gasteiger partial charge in [-0.05, 0) is 48.2 Å². The molecule has 3 heteroatoms. The number of aromatic amines is 1. The van der Waals surface area contributed by atoms with E-state index in [4.69, 9.17) is 0 Å². The molecule has 2 aromatic heterocycles. The van der Waals surface area contributed by atoms with E-state index in [-0.39, 0.29) is 5.75 Å². The van der Waals surface area contributed by atoms with Crippen molar-refractivity contribution in [1.82, 2.24) is 9.97 Å². The summed E-state index contributed by atoms with van der Waals surface area (Å²) in [4.78, 5) is 7.65. The lowest BCUT2D eigenvalue weighted by molar-refractivity contribution is 0.476. The minimum absolute atomic E-state index is 0.289. The molecule has 0 saturated carbocycles. The van der Waals surface area contributed by atoms with Crippen molar-refractivity contribution in [2.24, 2.45) is 0 Å². The van der Waals surface area contributed by atoms with Crippen molar-refractivity contribution in [2.75, 3.05) is 0 Å². The number of aromatic nitrogens is 2. The molecule has 0 fully saturated rings. The molecular weight excluding hydrogens is 236 g/mol. The molecule has 2 heterocycles. The molecule has 0 atom stereocenters. The summed E-state index contributed by atoms with van der Waals surface area (Å²) in [5.41, 5.74) is 3.33. The molecule has 0 bridgehead atoms. The number of phenols is 1. The maximum atomic E-state index is 9.66. The van der Waals surface area contributed by atoms with Gasteiger partial charge in [0.2, 0.25) is 0 Å². The first-order chi connectivity index (χ1) is 9.24. The van der Waals surface area contributed by atoms with Crippen LogP contribution < -0.4 is 0 Å². The van der Waals surface area contributed by atoms with Crippen LogP contribution in [0.5, 0.6) is 5.75 Å². The van der Waals surface area contributed by atoms with Gasteiger partial charge in [0.05, 0.1) is 5.52 Å². The van der Waals surface area contributed by atoms with E-state index in [1.165, 1.54) is 10.9 Å². The molecule has 3 nitrogen and oxygen atoms in total. The fraction of sp³-hybridized carbons (Fsp3) is 0.0625. The lowest BCUT2D eigenvalue weighted by Gasteiger charge is -2.03. The number of H-pyrrole nitrogens is 1. The van der Waals surface area contributed by atoms with E-state index in [1.54, 1.807) is 12.1 Å². The second kappa shape index (κ2) is 3.48. The first-order valence-electron chi connectivity index (χ1n) is 6.22. The molecule has 2 N–H and O–H groups in total. The van der Waals surface area contributed by atoms with Crippen LogP contribution in [0, 0.1) is 6.92 Å². The number of nitrogens with zero attached hydrogens (tertiary/aromatic N) is 1. The van der Waals surface area contributed by atoms with Crippen molar-refractivity contribution < 1.29 is 5.11 Å². The molecule has 92 valence electrons. The number of aromatic hydroxyl groups is 1. The highest BCUT2D eigenvalue weighted by molar-refractivity contribution is 6.17. The van der Waals surface area contributed by atoms with E-state index in [1.807, 2.05) is 24.5 Å². The van der Waals surface area contributed by atoms with E-state index >= 15 is 0 Å². The third-order valence-corrected chi connectivity index (χ3v) is 3.70. The third-order valence-electron chi connectivity index (χ3n) is 3.70. The fourth-order valence-electron chi connectivity index (χ4n) is 2.79. The first kappa shape index (κ1) is 10.4. The van der Waals surface area contributed by atoms with Crippen molar-refractivity contribution in [2.45, 2.75) is 6.92 Å². The van der Waals surface area contributed by atoms with E-state index < -0.39 is 0 Å². The van der Waals surface area contributed by atoms with Crippen LogP contribution in [0.25, 0.3) is 32.6 Å². The Kier molecular flexibility index (Phi) is 1.90. The van der Waals surface area contributed by atoms with E-state index in [2.05, 4.69) is 23.0 Å². The molecule has 4 rings (SSSR count). The van der Waals surface area contributed by atoms with Crippen LogP contribution in [0.2, 0.25) is 0 Å². The van der Waals surface area contributed by atoms with Crippen LogP contribution in [0.4, 0.5) is 0 Å². The number of rotatable bonds is 0. The fourth-order valence-corrected chi connectivity index (χ4v) is 2.79. The van der Waals surface area contributed by atoms with Crippen LogP contribution in [0.15, 0.2) is 42.7 Å². The number of hydrogen-bond donors (Lipinski definition) is 2. The number of benzene rings is 2. The van der Waals surface area contributed by atoms with Crippen LogP contribution in [0.1, 0.15) is 5.56 Å². The van der Waals surface area contributed by atoms with Crippen molar-refractivity contribution in [3.63, 3.8) is 0 Å². The van der Waals surface area contributed by atoms with Crippen molar-refractivity contribution in [3.8, 4) is 5.75 Å². The Morgan fingerprint density at radius 1 is 1.00 bits per heavy atom. The maximum absolute atomic E-state index is 9.66. The maximum Gasteiger partial charge on any atom is 0.116 e. The topological polar surface area (TPSA) is 48.9 Å². The largest absolute Gasteiger partial charge is 0.508 e. The van der Waals surface area contributed by atoms with Gasteiger partial charge in [0.1, 0.15) is 5.75 Å². The second-order valence-electron chi connectivity index (χ2n) is 4.89. The quantitative estimate of drug-likeness (QED) is 0.496. The van der Waals surface area contributed by atoms with Gasteiger partial charge in [-0.3, -0.25) is 4.98 Å². The molecular formula is C16H12N2O. The Morgan fingerprint density at radius 3 is 2.79 bits per heavy atom. The molecule has 0 aliphatic carbocycles. The highest BCUT2D eigenvalue weighted by Gasteiger charge is 2.10. The third kappa shape index (κ3) is 1.35. The molecule has 0 saturated heterocycles. The summed E-state index contributed by atoms with van der Waals surface area (Å²) in [6.45, 7) is 2.10.